The Labute approximate surface area is 297 Å². The molecule has 0 fully saturated rings. The molecule has 11 rings (SSSR count). The lowest BCUT2D eigenvalue weighted by atomic mass is 9.93. The van der Waals surface area contributed by atoms with Gasteiger partial charge in [0, 0.05) is 38.2 Å². The van der Waals surface area contributed by atoms with Crippen LogP contribution in [0.25, 0.3) is 111 Å². The van der Waals surface area contributed by atoms with Gasteiger partial charge in [0.05, 0.1) is 0 Å². The van der Waals surface area contributed by atoms with Gasteiger partial charge in [-0.25, -0.2) is 15.0 Å². The molecule has 11 aromatic rings. The third-order valence-electron chi connectivity index (χ3n) is 10.1. The molecule has 0 N–H and O–H groups in total. The summed E-state index contributed by atoms with van der Waals surface area (Å²) < 4.78 is 12.6. The first-order valence-corrected chi connectivity index (χ1v) is 17.3. The van der Waals surface area contributed by atoms with Gasteiger partial charge in [-0.05, 0) is 69.1 Å². The van der Waals surface area contributed by atoms with Gasteiger partial charge in [0.15, 0.2) is 17.5 Å². The lowest BCUT2D eigenvalue weighted by Gasteiger charge is -2.13. The van der Waals surface area contributed by atoms with Crippen LogP contribution in [0.4, 0.5) is 0 Å². The zero-order valence-corrected chi connectivity index (χ0v) is 27.7. The zero-order chi connectivity index (χ0) is 34.2. The highest BCUT2D eigenvalue weighted by Gasteiger charge is 2.19. The topological polar surface area (TPSA) is 65.0 Å². The zero-order valence-electron chi connectivity index (χ0n) is 27.7. The molecular formula is C47H27N3O2. The Balaban J connectivity index is 1.16. The number of hydrogen-bond acceptors (Lipinski definition) is 5. The highest BCUT2D eigenvalue weighted by atomic mass is 16.3. The lowest BCUT2D eigenvalue weighted by molar-refractivity contribution is 0.668. The number of para-hydroxylation sites is 2. The van der Waals surface area contributed by atoms with Crippen molar-refractivity contribution in [2.75, 3.05) is 0 Å². The summed E-state index contributed by atoms with van der Waals surface area (Å²) in [5.74, 6) is 1.73. The van der Waals surface area contributed by atoms with E-state index in [1.807, 2.05) is 54.6 Å². The van der Waals surface area contributed by atoms with Crippen LogP contribution in [0.1, 0.15) is 0 Å². The average Bonchev–Trinajstić information content (AvgIpc) is 3.78. The van der Waals surface area contributed by atoms with Crippen molar-refractivity contribution in [1.29, 1.82) is 0 Å². The minimum atomic E-state index is 0.564. The van der Waals surface area contributed by atoms with Crippen molar-refractivity contribution in [3.63, 3.8) is 0 Å². The molecule has 0 aliphatic heterocycles. The molecule has 52 heavy (non-hydrogen) atoms. The molecule has 8 aromatic carbocycles. The molecule has 0 amide bonds. The number of fused-ring (bicyclic) bond motifs is 8. The molecule has 0 radical (unpaired) electrons. The third kappa shape index (κ3) is 4.46. The van der Waals surface area contributed by atoms with Crippen LogP contribution in [0, 0.1) is 0 Å². The molecule has 5 heteroatoms. The molecule has 0 unspecified atom stereocenters. The van der Waals surface area contributed by atoms with Crippen LogP contribution in [0.5, 0.6) is 0 Å². The van der Waals surface area contributed by atoms with Crippen LogP contribution < -0.4 is 0 Å². The summed E-state index contributed by atoms with van der Waals surface area (Å²) in [5.41, 5.74) is 8.23. The highest BCUT2D eigenvalue weighted by molar-refractivity contribution is 6.12. The smallest absolute Gasteiger partial charge is 0.164 e. The van der Waals surface area contributed by atoms with Crippen molar-refractivity contribution in [2.24, 2.45) is 0 Å². The van der Waals surface area contributed by atoms with Gasteiger partial charge in [-0.3, -0.25) is 0 Å². The van der Waals surface area contributed by atoms with E-state index < -0.39 is 0 Å². The van der Waals surface area contributed by atoms with Crippen molar-refractivity contribution < 1.29 is 8.83 Å². The average molecular weight is 666 g/mol. The summed E-state index contributed by atoms with van der Waals surface area (Å²) in [6.07, 6.45) is 0. The molecule has 0 aliphatic rings. The quantitative estimate of drug-likeness (QED) is 0.187. The fourth-order valence-corrected chi connectivity index (χ4v) is 7.69. The van der Waals surface area contributed by atoms with Crippen molar-refractivity contribution in [3.8, 4) is 45.3 Å². The molecule has 242 valence electrons. The Bertz CT molecular complexity index is 3200. The second-order valence-corrected chi connectivity index (χ2v) is 13.2. The summed E-state index contributed by atoms with van der Waals surface area (Å²) in [4.78, 5) is 15.5. The number of furan rings is 2. The fraction of sp³-hybridized carbons (Fsp3) is 0. The predicted molar refractivity (Wildman–Crippen MR) is 211 cm³/mol. The first kappa shape index (κ1) is 28.7. The Morgan fingerprint density at radius 2 is 0.827 bits per heavy atom. The van der Waals surface area contributed by atoms with Crippen LogP contribution in [0.15, 0.2) is 173 Å². The van der Waals surface area contributed by atoms with Gasteiger partial charge in [0.1, 0.15) is 22.3 Å². The lowest BCUT2D eigenvalue weighted by Crippen LogP contribution is -2.00. The monoisotopic (exact) mass is 665 g/mol. The maximum atomic E-state index is 6.29. The summed E-state index contributed by atoms with van der Waals surface area (Å²) in [7, 11) is 0. The molecule has 0 saturated carbocycles. The standard InChI is InChI=1S/C47H27N3O2/c1-2-13-32-28(10-1)11-7-16-33(32)34-17-8-12-29-22-23-30(26-39(29)34)45-48-46(31-24-25-36-35-14-3-5-19-40(35)52-43(36)27-31)50-47(49-45)38-18-9-21-42-44(38)37-15-4-6-20-41(37)51-42/h1-27H. The molecule has 0 spiro atoms. The van der Waals surface area contributed by atoms with Gasteiger partial charge in [0.25, 0.3) is 0 Å². The normalized spacial score (nSPS) is 11.8. The van der Waals surface area contributed by atoms with E-state index in [2.05, 4.69) is 109 Å². The molecule has 0 saturated heterocycles. The summed E-state index contributed by atoms with van der Waals surface area (Å²) >= 11 is 0. The number of rotatable bonds is 4. The minimum absolute atomic E-state index is 0.564. The Morgan fingerprint density at radius 3 is 1.65 bits per heavy atom. The molecule has 3 aromatic heterocycles. The number of hydrogen-bond donors (Lipinski definition) is 0. The second kappa shape index (κ2) is 11.2. The minimum Gasteiger partial charge on any atom is -0.456 e. The molecule has 0 aliphatic carbocycles. The van der Waals surface area contributed by atoms with Crippen molar-refractivity contribution in [1.82, 2.24) is 15.0 Å². The van der Waals surface area contributed by atoms with Crippen molar-refractivity contribution in [3.05, 3.63) is 164 Å². The van der Waals surface area contributed by atoms with Crippen molar-refractivity contribution >= 4 is 65.4 Å². The first-order chi connectivity index (χ1) is 25.7. The van der Waals surface area contributed by atoms with Crippen LogP contribution in [-0.2, 0) is 0 Å². The molecule has 0 bridgehead atoms. The number of nitrogens with zero attached hydrogens (tertiary/aromatic N) is 3. The van der Waals surface area contributed by atoms with Crippen LogP contribution in [0.2, 0.25) is 0 Å². The molecule has 5 nitrogen and oxygen atoms in total. The Hall–Kier alpha value is -7.11. The van der Waals surface area contributed by atoms with Gasteiger partial charge in [-0.15, -0.1) is 0 Å². The van der Waals surface area contributed by atoms with E-state index in [0.717, 1.165) is 76.9 Å². The van der Waals surface area contributed by atoms with Gasteiger partial charge in [-0.2, -0.15) is 0 Å². The van der Waals surface area contributed by atoms with Crippen LogP contribution >= 0.6 is 0 Å². The largest absolute Gasteiger partial charge is 0.456 e. The van der Waals surface area contributed by atoms with E-state index in [1.165, 1.54) is 16.3 Å². The van der Waals surface area contributed by atoms with E-state index in [4.69, 9.17) is 23.8 Å². The van der Waals surface area contributed by atoms with E-state index in [9.17, 15) is 0 Å². The number of aromatic nitrogens is 3. The number of benzene rings is 8. The maximum absolute atomic E-state index is 6.29. The maximum Gasteiger partial charge on any atom is 0.164 e. The van der Waals surface area contributed by atoms with E-state index in [0.29, 0.717) is 17.5 Å². The Kier molecular flexibility index (Phi) is 6.18. The SMILES string of the molecule is c1ccc2c(-c3cccc4ccc(-c5nc(-c6ccc7c(c6)oc6ccccc67)nc(-c6cccc7oc8ccccc8c67)n5)cc34)cccc2c1. The summed E-state index contributed by atoms with van der Waals surface area (Å²) in [5, 5.41) is 8.84. The van der Waals surface area contributed by atoms with Gasteiger partial charge >= 0.3 is 0 Å². The van der Waals surface area contributed by atoms with Crippen molar-refractivity contribution in [2.45, 2.75) is 0 Å². The van der Waals surface area contributed by atoms with Crippen LogP contribution in [0.3, 0.4) is 0 Å². The van der Waals surface area contributed by atoms with E-state index in [1.54, 1.807) is 0 Å². The van der Waals surface area contributed by atoms with Crippen LogP contribution in [-0.4, -0.2) is 15.0 Å². The Morgan fingerprint density at radius 1 is 0.308 bits per heavy atom. The first-order valence-electron chi connectivity index (χ1n) is 17.3. The predicted octanol–water partition coefficient (Wildman–Crippen LogP) is 12.6. The van der Waals surface area contributed by atoms with E-state index >= 15 is 0 Å². The summed E-state index contributed by atoms with van der Waals surface area (Å²) in [6.45, 7) is 0. The highest BCUT2D eigenvalue weighted by Crippen LogP contribution is 2.39. The molecular weight excluding hydrogens is 639 g/mol. The van der Waals surface area contributed by atoms with E-state index in [-0.39, 0.29) is 0 Å². The summed E-state index contributed by atoms with van der Waals surface area (Å²) in [6, 6.07) is 56.5. The van der Waals surface area contributed by atoms with Gasteiger partial charge in [-0.1, -0.05) is 127 Å². The third-order valence-corrected chi connectivity index (χ3v) is 10.1. The van der Waals surface area contributed by atoms with Gasteiger partial charge < -0.3 is 8.83 Å². The molecule has 0 atom stereocenters. The second-order valence-electron chi connectivity index (χ2n) is 13.2. The van der Waals surface area contributed by atoms with Gasteiger partial charge in [0.2, 0.25) is 0 Å². The fourth-order valence-electron chi connectivity index (χ4n) is 7.69. The molecule has 3 heterocycles.